The fourth-order valence-corrected chi connectivity index (χ4v) is 8.42. The maximum absolute atomic E-state index is 14.5. The molecular weight excluding hydrogens is 1060 g/mol. The minimum atomic E-state index is -2.02. The van der Waals surface area contributed by atoms with E-state index in [0.717, 1.165) is 21.4 Å². The van der Waals surface area contributed by atoms with Crippen molar-refractivity contribution in [2.24, 2.45) is 17.4 Å². The highest BCUT2D eigenvalue weighted by Crippen LogP contribution is 2.20. The maximum Gasteiger partial charge on any atom is 0.341 e. The van der Waals surface area contributed by atoms with Crippen LogP contribution in [0.3, 0.4) is 0 Å². The van der Waals surface area contributed by atoms with Gasteiger partial charge in [-0.1, -0.05) is 50.6 Å². The lowest BCUT2D eigenvalue weighted by Crippen LogP contribution is -2.68. The van der Waals surface area contributed by atoms with Crippen LogP contribution in [0.2, 0.25) is 0 Å². The second kappa shape index (κ2) is 34.1. The number of ketones is 1. The number of amides is 6. The van der Waals surface area contributed by atoms with Crippen LogP contribution in [0.15, 0.2) is 42.1 Å². The lowest BCUT2D eigenvalue weighted by molar-refractivity contribution is -0.144. The van der Waals surface area contributed by atoms with Gasteiger partial charge in [0.1, 0.15) is 49.7 Å². The number of unbranched alkanes of at least 4 members (excludes halogenated alkanes) is 1. The summed E-state index contributed by atoms with van der Waals surface area (Å²) in [6.45, 7) is 6.28. The summed E-state index contributed by atoms with van der Waals surface area (Å²) in [6.07, 6.45) is -7.37. The fourth-order valence-electron chi connectivity index (χ4n) is 8.42. The number of carbonyl (C=O) groups excluding carboxylic acids is 12. The van der Waals surface area contributed by atoms with Crippen molar-refractivity contribution in [3.63, 3.8) is 0 Å². The number of aldehydes is 5. The van der Waals surface area contributed by atoms with Gasteiger partial charge in [-0.2, -0.15) is 0 Å². The molecule has 0 bridgehead atoms. The Kier molecular flexibility index (Phi) is 28.6. The van der Waals surface area contributed by atoms with Crippen LogP contribution in [0.1, 0.15) is 72.3 Å². The number of likely N-dealkylation sites (tertiary alicyclic amines) is 1. The molecule has 30 heteroatoms. The Morgan fingerprint density at radius 1 is 0.667 bits per heavy atom. The normalized spacial score (nSPS) is 19.2. The molecular formula is C51H78N14O16. The Morgan fingerprint density at radius 3 is 1.77 bits per heavy atom. The summed E-state index contributed by atoms with van der Waals surface area (Å²) in [5.74, 6) is -8.87. The average Bonchev–Trinajstić information content (AvgIpc) is 3.96. The summed E-state index contributed by atoms with van der Waals surface area (Å²) in [4.78, 5) is 171. The van der Waals surface area contributed by atoms with Gasteiger partial charge < -0.3 is 87.1 Å². The van der Waals surface area contributed by atoms with E-state index >= 15 is 0 Å². The molecule has 3 rings (SSSR count). The Hall–Kier alpha value is -7.29. The van der Waals surface area contributed by atoms with Gasteiger partial charge in [-0.25, -0.2) is 4.79 Å². The van der Waals surface area contributed by atoms with Crippen LogP contribution in [0.5, 0.6) is 0 Å². The molecule has 0 saturated carbocycles. The van der Waals surface area contributed by atoms with Crippen molar-refractivity contribution < 1.29 is 77.6 Å². The SMILES string of the molecule is CC(C)[C@H](C=O)N[C@H](NC(=O)[C@@H](NC(=O)[C@@H](NC(=O)[C@H](C)NC(=O)[C@@H]1CCCN1C(=O)[C@@H](NC1=CC(=O)CN(C(=O)[C@@H](N)N[C@@H](C=O)Cc2ccccc2)C1)N[C@@H](C=O)[C@H](C)O)N[C@@H](C=O)[C@H](C)O)N[C@@H](C=O)CCCCN)C(=O)O. The minimum Gasteiger partial charge on any atom is -0.479 e. The lowest BCUT2D eigenvalue weighted by atomic mass is 10.1. The zero-order chi connectivity index (χ0) is 60.5. The van der Waals surface area contributed by atoms with Gasteiger partial charge in [-0.05, 0) is 70.9 Å². The van der Waals surface area contributed by atoms with Crippen molar-refractivity contribution in [3.05, 3.63) is 47.7 Å². The van der Waals surface area contributed by atoms with E-state index in [-0.39, 0.29) is 57.3 Å². The van der Waals surface area contributed by atoms with Crippen LogP contribution >= 0.6 is 0 Å². The van der Waals surface area contributed by atoms with Crippen molar-refractivity contribution in [2.45, 2.75) is 158 Å². The molecule has 1 aromatic rings. The topological polar surface area (TPSA) is 461 Å². The van der Waals surface area contributed by atoms with Gasteiger partial charge >= 0.3 is 5.97 Å². The molecule has 30 nitrogen and oxygen atoms in total. The number of benzene rings is 1. The van der Waals surface area contributed by atoms with Crippen LogP contribution < -0.4 is 64.6 Å². The van der Waals surface area contributed by atoms with E-state index in [4.69, 9.17) is 11.5 Å². The smallest absolute Gasteiger partial charge is 0.341 e. The third-order valence-electron chi connectivity index (χ3n) is 13.1. The molecule has 1 fully saturated rings. The van der Waals surface area contributed by atoms with E-state index in [0.29, 0.717) is 38.0 Å². The molecule has 0 aliphatic carbocycles. The molecule has 81 heavy (non-hydrogen) atoms. The molecule has 0 aromatic heterocycles. The highest BCUT2D eigenvalue weighted by atomic mass is 16.4. The molecule has 448 valence electrons. The third-order valence-corrected chi connectivity index (χ3v) is 13.1. The van der Waals surface area contributed by atoms with Crippen molar-refractivity contribution in [2.75, 3.05) is 26.2 Å². The highest BCUT2D eigenvalue weighted by molar-refractivity contribution is 5.98. The van der Waals surface area contributed by atoms with E-state index in [9.17, 15) is 77.6 Å². The number of carbonyl (C=O) groups is 13. The zero-order valence-electron chi connectivity index (χ0n) is 45.8. The first-order chi connectivity index (χ1) is 38.4. The Morgan fingerprint density at radius 2 is 1.22 bits per heavy atom. The number of nitrogens with one attached hydrogen (secondary N) is 10. The maximum atomic E-state index is 14.5. The summed E-state index contributed by atoms with van der Waals surface area (Å²) < 4.78 is 0. The largest absolute Gasteiger partial charge is 0.479 e. The fraction of sp³-hybridized carbons (Fsp3) is 0.588. The number of rotatable bonds is 37. The Labute approximate surface area is 467 Å². The molecule has 2 heterocycles. The summed E-state index contributed by atoms with van der Waals surface area (Å²) in [5, 5.41) is 55.6. The number of aliphatic carboxylic acids is 1. The number of nitrogens with two attached hydrogens (primary N) is 2. The van der Waals surface area contributed by atoms with Gasteiger partial charge in [0.05, 0.1) is 55.5 Å². The molecule has 14 atom stereocenters. The average molecular weight is 1140 g/mol. The van der Waals surface area contributed by atoms with Gasteiger partial charge in [0.2, 0.25) is 11.8 Å². The first-order valence-electron chi connectivity index (χ1n) is 26.4. The second-order valence-electron chi connectivity index (χ2n) is 20.0. The summed E-state index contributed by atoms with van der Waals surface area (Å²) in [6, 6.07) is 0.0222. The number of nitrogens with zero attached hydrogens (tertiary/aromatic N) is 2. The van der Waals surface area contributed by atoms with Crippen LogP contribution in [-0.2, 0) is 68.7 Å². The van der Waals surface area contributed by atoms with Crippen molar-refractivity contribution in [3.8, 4) is 0 Å². The first-order valence-corrected chi connectivity index (χ1v) is 26.4. The van der Waals surface area contributed by atoms with Crippen molar-refractivity contribution in [1.29, 1.82) is 0 Å². The number of carboxylic acid groups (broad SMARTS) is 1. The number of carboxylic acids is 1. The van der Waals surface area contributed by atoms with E-state index in [2.05, 4.69) is 53.2 Å². The van der Waals surface area contributed by atoms with Gasteiger partial charge in [0.15, 0.2) is 30.4 Å². The molecule has 0 radical (unpaired) electrons. The summed E-state index contributed by atoms with van der Waals surface area (Å²) in [7, 11) is 0. The monoisotopic (exact) mass is 1140 g/mol. The second-order valence-corrected chi connectivity index (χ2v) is 20.0. The number of hydrogen-bond donors (Lipinski definition) is 15. The van der Waals surface area contributed by atoms with E-state index in [1.165, 1.54) is 20.8 Å². The van der Waals surface area contributed by atoms with E-state index < -0.39 is 145 Å². The third kappa shape index (κ3) is 21.6. The zero-order valence-corrected chi connectivity index (χ0v) is 45.8. The predicted molar refractivity (Wildman–Crippen MR) is 287 cm³/mol. The molecule has 17 N–H and O–H groups in total. The molecule has 1 aromatic carbocycles. The van der Waals surface area contributed by atoms with Crippen LogP contribution in [0, 0.1) is 5.92 Å². The van der Waals surface area contributed by atoms with Crippen molar-refractivity contribution >= 4 is 78.6 Å². The van der Waals surface area contributed by atoms with Gasteiger partial charge in [-0.15, -0.1) is 0 Å². The van der Waals surface area contributed by atoms with Crippen LogP contribution in [-0.4, -0.2) is 215 Å². The van der Waals surface area contributed by atoms with Gasteiger partial charge in [0.25, 0.3) is 23.6 Å². The van der Waals surface area contributed by atoms with Gasteiger partial charge in [0, 0.05) is 18.3 Å². The summed E-state index contributed by atoms with van der Waals surface area (Å²) in [5.41, 5.74) is 12.5. The minimum absolute atomic E-state index is 0.0150. The molecule has 0 spiro atoms. The Balaban J connectivity index is 1.86. The standard InChI is InChI=1S/C51H78N14O16/c1-27(2)36(24-68)58-44(51(80)81)63-47(76)41(56-32(22-66)14-9-10-16-52)62-48(77)42(59-37(25-69)29(4)71)61-45(74)28(3)54-46(75)39-15-11-17-65(39)50(79)43(60-38(26-70)30(5)72)57-33-19-35(73)21-64(20-33)49(78)40(53)55-34(23-67)18-31-12-7-6-8-13-31/h6-8,12-13,19,22-30,32,34,36-44,55-60,71-72H,9-11,14-18,20-21,52-53H2,1-5H3,(H,54,75)(H,61,74)(H,62,77)(H,63,76)(H,80,81)/t28-,29-,30-,32+,34+,36-,37-,38-,39-,40-,41+,42+,43-,44+/m0/s1. The molecule has 2 aliphatic rings. The quantitative estimate of drug-likeness (QED) is 0.0167. The number of aliphatic hydroxyl groups excluding tert-OH is 2. The Bertz CT molecular complexity index is 2380. The molecule has 2 aliphatic heterocycles. The lowest BCUT2D eigenvalue weighted by Gasteiger charge is -2.35. The van der Waals surface area contributed by atoms with Crippen LogP contribution in [0.25, 0.3) is 0 Å². The summed E-state index contributed by atoms with van der Waals surface area (Å²) >= 11 is 0. The molecule has 6 amide bonds. The number of aliphatic hydroxyl groups is 2. The molecule has 0 unspecified atom stereocenters. The van der Waals surface area contributed by atoms with Crippen LogP contribution in [0.4, 0.5) is 0 Å². The van der Waals surface area contributed by atoms with E-state index in [1.807, 2.05) is 0 Å². The highest BCUT2D eigenvalue weighted by Gasteiger charge is 2.41. The number of hydrogen-bond acceptors (Lipinski definition) is 23. The first kappa shape index (κ1) is 68.0. The predicted octanol–water partition coefficient (Wildman–Crippen LogP) is -7.04. The molecule has 1 saturated heterocycles. The van der Waals surface area contributed by atoms with Crippen molar-refractivity contribution in [1.82, 2.24) is 63.0 Å². The van der Waals surface area contributed by atoms with Gasteiger partial charge in [-0.3, -0.25) is 60.1 Å². The van der Waals surface area contributed by atoms with E-state index in [1.54, 1.807) is 44.2 Å².